The van der Waals surface area contributed by atoms with Crippen LogP contribution < -0.4 is 5.73 Å². The average molecular weight is 214 g/mol. The molecule has 15 heavy (non-hydrogen) atoms. The van der Waals surface area contributed by atoms with E-state index in [1.54, 1.807) is 7.11 Å². The first kappa shape index (κ1) is 12.9. The van der Waals surface area contributed by atoms with Crippen LogP contribution in [0.5, 0.6) is 0 Å². The Balaban J connectivity index is 2.47. The summed E-state index contributed by atoms with van der Waals surface area (Å²) >= 11 is 0. The van der Waals surface area contributed by atoms with Gasteiger partial charge in [-0.25, -0.2) is 0 Å². The summed E-state index contributed by atoms with van der Waals surface area (Å²) in [6, 6.07) is 0.698. The number of hydrogen-bond acceptors (Lipinski definition) is 3. The highest BCUT2D eigenvalue weighted by Crippen LogP contribution is 2.27. The lowest BCUT2D eigenvalue weighted by Gasteiger charge is -2.39. The van der Waals surface area contributed by atoms with E-state index in [-0.39, 0.29) is 0 Å². The van der Waals surface area contributed by atoms with E-state index in [2.05, 4.69) is 11.8 Å². The van der Waals surface area contributed by atoms with Crippen molar-refractivity contribution in [3.05, 3.63) is 0 Å². The fraction of sp³-hybridized carbons (Fsp3) is 1.00. The van der Waals surface area contributed by atoms with E-state index in [0.29, 0.717) is 12.0 Å². The monoisotopic (exact) mass is 214 g/mol. The van der Waals surface area contributed by atoms with Crippen molar-refractivity contribution < 1.29 is 4.74 Å². The Morgan fingerprint density at radius 2 is 2.07 bits per heavy atom. The maximum Gasteiger partial charge on any atom is 0.0589 e. The van der Waals surface area contributed by atoms with Gasteiger partial charge in [0.25, 0.3) is 0 Å². The van der Waals surface area contributed by atoms with E-state index in [4.69, 9.17) is 10.5 Å². The summed E-state index contributed by atoms with van der Waals surface area (Å²) in [6.07, 6.45) is 5.36. The summed E-state index contributed by atoms with van der Waals surface area (Å²) in [6.45, 7) is 6.08. The summed E-state index contributed by atoms with van der Waals surface area (Å²) in [7, 11) is 1.77. The van der Waals surface area contributed by atoms with E-state index in [0.717, 1.165) is 26.2 Å². The number of hydrogen-bond donors (Lipinski definition) is 1. The molecule has 90 valence electrons. The summed E-state index contributed by atoms with van der Waals surface area (Å²) in [4.78, 5) is 2.54. The second kappa shape index (κ2) is 7.20. The Morgan fingerprint density at radius 3 is 2.67 bits per heavy atom. The maximum atomic E-state index is 5.86. The van der Waals surface area contributed by atoms with Crippen molar-refractivity contribution in [2.75, 3.05) is 33.4 Å². The second-order valence-electron chi connectivity index (χ2n) is 4.47. The third kappa shape index (κ3) is 3.74. The van der Waals surface area contributed by atoms with Gasteiger partial charge in [-0.3, -0.25) is 4.90 Å². The zero-order valence-corrected chi connectivity index (χ0v) is 10.2. The van der Waals surface area contributed by atoms with Gasteiger partial charge in [0.2, 0.25) is 0 Å². The predicted molar refractivity (Wildman–Crippen MR) is 63.9 cm³/mol. The number of rotatable bonds is 6. The molecule has 0 aromatic heterocycles. The molecule has 1 saturated carbocycles. The van der Waals surface area contributed by atoms with Crippen LogP contribution in [0.3, 0.4) is 0 Å². The predicted octanol–water partition coefficient (Wildman–Crippen LogP) is 1.47. The first-order chi connectivity index (χ1) is 7.33. The highest BCUT2D eigenvalue weighted by Gasteiger charge is 2.27. The van der Waals surface area contributed by atoms with Crippen molar-refractivity contribution in [1.29, 1.82) is 0 Å². The Labute approximate surface area is 94.0 Å². The first-order valence-corrected chi connectivity index (χ1v) is 6.26. The molecule has 0 saturated heterocycles. The highest BCUT2D eigenvalue weighted by molar-refractivity contribution is 4.83. The van der Waals surface area contributed by atoms with Gasteiger partial charge in [0.15, 0.2) is 0 Å². The molecule has 1 rings (SSSR count). The molecule has 0 radical (unpaired) electrons. The molecule has 0 aromatic rings. The van der Waals surface area contributed by atoms with Crippen molar-refractivity contribution >= 4 is 0 Å². The van der Waals surface area contributed by atoms with Crippen molar-refractivity contribution in [2.45, 2.75) is 38.6 Å². The van der Waals surface area contributed by atoms with E-state index >= 15 is 0 Å². The number of likely N-dealkylation sites (N-methyl/N-ethyl adjacent to an activating group) is 1. The molecule has 0 heterocycles. The van der Waals surface area contributed by atoms with Gasteiger partial charge in [-0.15, -0.1) is 0 Å². The van der Waals surface area contributed by atoms with Crippen LogP contribution in [-0.2, 0) is 4.74 Å². The van der Waals surface area contributed by atoms with Gasteiger partial charge in [0, 0.05) is 19.7 Å². The van der Waals surface area contributed by atoms with Crippen LogP contribution in [0.25, 0.3) is 0 Å². The lowest BCUT2D eigenvalue weighted by molar-refractivity contribution is 0.0777. The SMILES string of the molecule is CCN(CCOC)C1CCCCC1CN. The minimum absolute atomic E-state index is 0.698. The quantitative estimate of drug-likeness (QED) is 0.728. The summed E-state index contributed by atoms with van der Waals surface area (Å²) in [5, 5.41) is 0. The van der Waals surface area contributed by atoms with Crippen LogP contribution in [0.1, 0.15) is 32.6 Å². The minimum Gasteiger partial charge on any atom is -0.383 e. The van der Waals surface area contributed by atoms with Gasteiger partial charge >= 0.3 is 0 Å². The van der Waals surface area contributed by atoms with Crippen LogP contribution in [0.4, 0.5) is 0 Å². The lowest BCUT2D eigenvalue weighted by Crippen LogP contribution is -2.46. The van der Waals surface area contributed by atoms with Crippen LogP contribution in [-0.4, -0.2) is 44.3 Å². The van der Waals surface area contributed by atoms with Gasteiger partial charge in [-0.05, 0) is 31.8 Å². The molecular weight excluding hydrogens is 188 g/mol. The smallest absolute Gasteiger partial charge is 0.0589 e. The molecule has 3 heteroatoms. The Morgan fingerprint density at radius 1 is 1.33 bits per heavy atom. The molecule has 2 atom stereocenters. The van der Waals surface area contributed by atoms with Crippen molar-refractivity contribution in [2.24, 2.45) is 11.7 Å². The van der Waals surface area contributed by atoms with Gasteiger partial charge in [0.05, 0.1) is 6.61 Å². The van der Waals surface area contributed by atoms with E-state index in [1.807, 2.05) is 0 Å². The normalized spacial score (nSPS) is 27.2. The zero-order valence-electron chi connectivity index (χ0n) is 10.2. The first-order valence-electron chi connectivity index (χ1n) is 6.26. The number of nitrogens with zero attached hydrogens (tertiary/aromatic N) is 1. The molecule has 0 bridgehead atoms. The minimum atomic E-state index is 0.698. The van der Waals surface area contributed by atoms with Crippen molar-refractivity contribution in [3.8, 4) is 0 Å². The van der Waals surface area contributed by atoms with Crippen LogP contribution in [0.2, 0.25) is 0 Å². The molecule has 0 aromatic carbocycles. The number of nitrogens with two attached hydrogens (primary N) is 1. The largest absolute Gasteiger partial charge is 0.383 e. The number of methoxy groups -OCH3 is 1. The standard InChI is InChI=1S/C12H26N2O/c1-3-14(8-9-15-2)12-7-5-4-6-11(12)10-13/h11-12H,3-10,13H2,1-2H3. The molecule has 0 spiro atoms. The van der Waals surface area contributed by atoms with Crippen LogP contribution in [0.15, 0.2) is 0 Å². The molecule has 2 N–H and O–H groups in total. The molecule has 0 amide bonds. The molecule has 1 fully saturated rings. The van der Waals surface area contributed by atoms with Gasteiger partial charge < -0.3 is 10.5 Å². The Hall–Kier alpha value is -0.120. The Bertz CT molecular complexity index is 164. The van der Waals surface area contributed by atoms with Crippen molar-refractivity contribution in [1.82, 2.24) is 4.90 Å². The zero-order chi connectivity index (χ0) is 11.1. The molecule has 1 aliphatic rings. The molecular formula is C12H26N2O. The fourth-order valence-corrected chi connectivity index (χ4v) is 2.71. The maximum absolute atomic E-state index is 5.86. The lowest BCUT2D eigenvalue weighted by atomic mass is 9.83. The average Bonchev–Trinajstić information content (AvgIpc) is 2.30. The highest BCUT2D eigenvalue weighted by atomic mass is 16.5. The molecule has 1 aliphatic carbocycles. The molecule has 3 nitrogen and oxygen atoms in total. The second-order valence-corrected chi connectivity index (χ2v) is 4.47. The fourth-order valence-electron chi connectivity index (χ4n) is 2.71. The molecule has 2 unspecified atom stereocenters. The van der Waals surface area contributed by atoms with Crippen LogP contribution >= 0.6 is 0 Å². The van der Waals surface area contributed by atoms with Crippen LogP contribution in [0, 0.1) is 5.92 Å². The van der Waals surface area contributed by atoms with E-state index in [1.165, 1.54) is 25.7 Å². The summed E-state index contributed by atoms with van der Waals surface area (Å²) in [5.74, 6) is 0.704. The van der Waals surface area contributed by atoms with Gasteiger partial charge in [-0.2, -0.15) is 0 Å². The topological polar surface area (TPSA) is 38.5 Å². The number of ether oxygens (including phenoxy) is 1. The van der Waals surface area contributed by atoms with E-state index in [9.17, 15) is 0 Å². The van der Waals surface area contributed by atoms with E-state index < -0.39 is 0 Å². The van der Waals surface area contributed by atoms with Gasteiger partial charge in [-0.1, -0.05) is 19.8 Å². The summed E-state index contributed by atoms with van der Waals surface area (Å²) < 4.78 is 5.16. The summed E-state index contributed by atoms with van der Waals surface area (Å²) in [5.41, 5.74) is 5.86. The third-order valence-corrected chi connectivity index (χ3v) is 3.63. The van der Waals surface area contributed by atoms with Gasteiger partial charge in [0.1, 0.15) is 0 Å². The molecule has 0 aliphatic heterocycles. The third-order valence-electron chi connectivity index (χ3n) is 3.63. The Kier molecular flexibility index (Phi) is 6.22. The van der Waals surface area contributed by atoms with Crippen molar-refractivity contribution in [3.63, 3.8) is 0 Å².